The van der Waals surface area contributed by atoms with Gasteiger partial charge in [0.15, 0.2) is 0 Å². The number of rotatable bonds is 8. The molecule has 2 aromatic heterocycles. The maximum atomic E-state index is 13.6. The van der Waals surface area contributed by atoms with E-state index in [-0.39, 0.29) is 0 Å². The highest BCUT2D eigenvalue weighted by molar-refractivity contribution is 6.78. The predicted molar refractivity (Wildman–Crippen MR) is 123 cm³/mol. The molecule has 0 aliphatic carbocycles. The van der Waals surface area contributed by atoms with Gasteiger partial charge >= 0.3 is 0 Å². The molecule has 3 heterocycles. The smallest absolute Gasteiger partial charge is 0.260 e. The van der Waals surface area contributed by atoms with E-state index >= 15 is 0 Å². The van der Waals surface area contributed by atoms with Gasteiger partial charge < -0.3 is 13.9 Å². The van der Waals surface area contributed by atoms with E-state index in [1.54, 1.807) is 12.3 Å². The lowest BCUT2D eigenvalue weighted by Crippen LogP contribution is -2.51. The fourth-order valence-electron chi connectivity index (χ4n) is 5.11. The molecule has 0 fully saturated rings. The molecule has 0 bridgehead atoms. The van der Waals surface area contributed by atoms with Crippen molar-refractivity contribution in [3.8, 4) is 17.4 Å². The van der Waals surface area contributed by atoms with Crippen molar-refractivity contribution in [2.45, 2.75) is 77.7 Å². The lowest BCUT2D eigenvalue weighted by atomic mass is 10.1. The number of halogens is 1. The lowest BCUT2D eigenvalue weighted by Gasteiger charge is -2.41. The van der Waals surface area contributed by atoms with Gasteiger partial charge in [-0.15, -0.1) is 5.10 Å². The Kier molecular flexibility index (Phi) is 7.42. The van der Waals surface area contributed by atoms with E-state index in [2.05, 4.69) is 46.5 Å². The van der Waals surface area contributed by atoms with Crippen molar-refractivity contribution < 1.29 is 18.3 Å². The zero-order chi connectivity index (χ0) is 22.8. The molecule has 0 atom stereocenters. The highest BCUT2D eigenvalue weighted by Crippen LogP contribution is 2.44. The first kappa shape index (κ1) is 23.7. The Hall–Kier alpha value is -1.93. The van der Waals surface area contributed by atoms with Crippen molar-refractivity contribution in [3.63, 3.8) is 0 Å². The molecular formula is C23H36FN3O3Si. The maximum Gasteiger partial charge on any atom is 0.260 e. The Bertz CT molecular complexity index is 877. The minimum absolute atomic E-state index is 0.301. The molecule has 3 rings (SSSR count). The Labute approximate surface area is 186 Å². The first-order valence-electron chi connectivity index (χ1n) is 11.2. The number of hydrogen-bond acceptors (Lipinski definition) is 5. The van der Waals surface area contributed by atoms with Gasteiger partial charge in [0.2, 0.25) is 11.8 Å². The van der Waals surface area contributed by atoms with E-state index in [0.29, 0.717) is 52.8 Å². The molecule has 0 saturated heterocycles. The predicted octanol–water partition coefficient (Wildman–Crippen LogP) is 5.41. The molecule has 172 valence electrons. The summed E-state index contributed by atoms with van der Waals surface area (Å²) >= 11 is 0. The third-order valence-corrected chi connectivity index (χ3v) is 12.5. The summed E-state index contributed by atoms with van der Waals surface area (Å²) in [5, 5.41) is 4.94. The van der Waals surface area contributed by atoms with Crippen LogP contribution in [0.2, 0.25) is 16.6 Å². The van der Waals surface area contributed by atoms with Gasteiger partial charge in [-0.1, -0.05) is 41.5 Å². The van der Waals surface area contributed by atoms with Crippen LogP contribution in [0.1, 0.15) is 58.4 Å². The molecule has 0 unspecified atom stereocenters. The molecule has 0 aromatic carbocycles. The highest BCUT2D eigenvalue weighted by Gasteiger charge is 2.48. The van der Waals surface area contributed by atoms with Crippen LogP contribution in [-0.2, 0) is 24.3 Å². The zero-order valence-corrected chi connectivity index (χ0v) is 20.9. The van der Waals surface area contributed by atoms with E-state index in [1.807, 2.05) is 4.68 Å². The number of ether oxygens (including phenoxy) is 2. The van der Waals surface area contributed by atoms with Crippen LogP contribution in [0.3, 0.4) is 0 Å². The fraction of sp³-hybridized carbons (Fsp3) is 0.652. The van der Waals surface area contributed by atoms with Crippen LogP contribution in [0.25, 0.3) is 5.69 Å². The fourth-order valence-corrected chi connectivity index (χ4v) is 10.3. The van der Waals surface area contributed by atoms with Crippen LogP contribution < -0.4 is 9.16 Å². The molecule has 0 N–H and O–H groups in total. The van der Waals surface area contributed by atoms with Gasteiger partial charge in [0.1, 0.15) is 6.67 Å². The van der Waals surface area contributed by atoms with Crippen LogP contribution in [0, 0.1) is 0 Å². The molecule has 8 heteroatoms. The Morgan fingerprint density at radius 3 is 2.29 bits per heavy atom. The third-order valence-electron chi connectivity index (χ3n) is 6.51. The standard InChI is InChI=1S/C23H36FN3O3Si/c1-15(2)31(16(3)4,17(5)6)30-23-20-8-10-29-11-9-21(20)27(26-23)19-12-18(13-24)22(28-7)25-14-19/h12,14-17H,8-11,13H2,1-7H3. The van der Waals surface area contributed by atoms with Crippen molar-refractivity contribution in [1.29, 1.82) is 0 Å². The van der Waals surface area contributed by atoms with E-state index in [4.69, 9.17) is 19.0 Å². The van der Waals surface area contributed by atoms with Gasteiger partial charge in [0.25, 0.3) is 8.32 Å². The lowest BCUT2D eigenvalue weighted by molar-refractivity contribution is 0.145. The third kappa shape index (κ3) is 4.37. The largest absolute Gasteiger partial charge is 0.529 e. The second kappa shape index (κ2) is 9.69. The average Bonchev–Trinajstić information content (AvgIpc) is 2.89. The van der Waals surface area contributed by atoms with Gasteiger partial charge in [-0.3, -0.25) is 0 Å². The van der Waals surface area contributed by atoms with Crippen LogP contribution in [0.15, 0.2) is 12.3 Å². The molecule has 0 radical (unpaired) electrons. The summed E-state index contributed by atoms with van der Waals surface area (Å²) in [6, 6.07) is 1.76. The number of aromatic nitrogens is 3. The van der Waals surface area contributed by atoms with Crippen molar-refractivity contribution in [3.05, 3.63) is 29.1 Å². The Morgan fingerprint density at radius 2 is 1.71 bits per heavy atom. The second-order valence-corrected chi connectivity index (χ2v) is 14.5. The second-order valence-electron chi connectivity index (χ2n) is 9.17. The van der Waals surface area contributed by atoms with Crippen LogP contribution in [0.4, 0.5) is 4.39 Å². The van der Waals surface area contributed by atoms with Crippen LogP contribution in [-0.4, -0.2) is 43.4 Å². The van der Waals surface area contributed by atoms with Gasteiger partial charge in [0.05, 0.1) is 37.9 Å². The SMILES string of the molecule is COc1ncc(-n2nc(O[Si](C(C)C)(C(C)C)C(C)C)c3c2CCOCC3)cc1CF. The molecule has 0 amide bonds. The minimum Gasteiger partial charge on any atom is -0.529 e. The normalized spacial score (nSPS) is 14.8. The molecule has 31 heavy (non-hydrogen) atoms. The number of pyridine rings is 1. The number of alkyl halides is 1. The van der Waals surface area contributed by atoms with Crippen molar-refractivity contribution in [2.75, 3.05) is 20.3 Å². The summed E-state index contributed by atoms with van der Waals surface area (Å²) in [6.45, 7) is 14.2. The van der Waals surface area contributed by atoms with Crippen LogP contribution in [0.5, 0.6) is 11.8 Å². The Balaban J connectivity index is 2.14. The first-order valence-corrected chi connectivity index (χ1v) is 13.4. The quantitative estimate of drug-likeness (QED) is 0.504. The molecule has 0 spiro atoms. The number of hydrogen-bond donors (Lipinski definition) is 0. The first-order chi connectivity index (χ1) is 14.8. The van der Waals surface area contributed by atoms with E-state index in [1.165, 1.54) is 7.11 Å². The van der Waals surface area contributed by atoms with E-state index < -0.39 is 15.0 Å². The van der Waals surface area contributed by atoms with E-state index in [0.717, 1.165) is 24.1 Å². The van der Waals surface area contributed by atoms with Crippen LogP contribution >= 0.6 is 0 Å². The molecule has 1 aliphatic rings. The zero-order valence-electron chi connectivity index (χ0n) is 19.9. The maximum absolute atomic E-state index is 13.6. The summed E-state index contributed by atoms with van der Waals surface area (Å²) < 4.78 is 33.4. The molecular weight excluding hydrogens is 413 g/mol. The molecule has 6 nitrogen and oxygen atoms in total. The summed E-state index contributed by atoms with van der Waals surface area (Å²) in [5.41, 5.74) is 4.61. The summed E-state index contributed by atoms with van der Waals surface area (Å²) in [4.78, 5) is 4.30. The molecule has 2 aromatic rings. The van der Waals surface area contributed by atoms with Gasteiger partial charge in [-0.2, -0.15) is 0 Å². The van der Waals surface area contributed by atoms with Gasteiger partial charge in [-0.05, 0) is 22.7 Å². The van der Waals surface area contributed by atoms with E-state index in [9.17, 15) is 4.39 Å². The number of fused-ring (bicyclic) bond motifs is 1. The summed E-state index contributed by atoms with van der Waals surface area (Å²) in [6.07, 6.45) is 3.16. The minimum atomic E-state index is -2.18. The summed E-state index contributed by atoms with van der Waals surface area (Å²) in [7, 11) is -0.678. The summed E-state index contributed by atoms with van der Waals surface area (Å²) in [5.74, 6) is 1.01. The average molecular weight is 450 g/mol. The number of methoxy groups -OCH3 is 1. The van der Waals surface area contributed by atoms with Crippen molar-refractivity contribution in [1.82, 2.24) is 14.8 Å². The molecule has 0 saturated carbocycles. The topological polar surface area (TPSA) is 58.4 Å². The van der Waals surface area contributed by atoms with Crippen molar-refractivity contribution >= 4 is 8.32 Å². The number of nitrogens with zero attached hydrogens (tertiary/aromatic N) is 3. The monoisotopic (exact) mass is 449 g/mol. The molecule has 1 aliphatic heterocycles. The Morgan fingerprint density at radius 1 is 1.06 bits per heavy atom. The highest BCUT2D eigenvalue weighted by atomic mass is 28.4. The van der Waals surface area contributed by atoms with Crippen molar-refractivity contribution in [2.24, 2.45) is 0 Å². The van der Waals surface area contributed by atoms with Gasteiger partial charge in [-0.25, -0.2) is 14.1 Å². The van der Waals surface area contributed by atoms with Gasteiger partial charge in [0, 0.05) is 24.0 Å².